The summed E-state index contributed by atoms with van der Waals surface area (Å²) < 4.78 is 55.1. The Balaban J connectivity index is 1.97. The number of halogens is 1. The number of amides is 2. The fourth-order valence-electron chi connectivity index (χ4n) is 2.95. The second-order valence-corrected chi connectivity index (χ2v) is 9.42. The van der Waals surface area contributed by atoms with Crippen LogP contribution in [0.2, 0.25) is 0 Å². The molecule has 32 heavy (non-hydrogen) atoms. The van der Waals surface area contributed by atoms with Crippen LogP contribution in [0.5, 0.6) is 0 Å². The standard InChI is InChI=1S/C19H22FN3O8S/c1-5-28-17(24)23(18(25)29-6-2)14-8-15-11(7-12(14)20)13(21-30-15)10-32(26,27)16-9-19(3,4)31-22-16/h7-8H,5-6,9-10H2,1-4H3. The molecule has 1 aromatic heterocycles. The van der Waals surface area contributed by atoms with Gasteiger partial charge in [0, 0.05) is 17.9 Å². The van der Waals surface area contributed by atoms with Crippen LogP contribution < -0.4 is 4.90 Å². The van der Waals surface area contributed by atoms with Gasteiger partial charge in [-0.1, -0.05) is 10.3 Å². The molecule has 0 N–H and O–H groups in total. The molecule has 1 aromatic carbocycles. The maximum Gasteiger partial charge on any atom is 0.424 e. The molecule has 2 aromatic rings. The largest absolute Gasteiger partial charge is 0.449 e. The smallest absolute Gasteiger partial charge is 0.424 e. The molecule has 1 aliphatic rings. The summed E-state index contributed by atoms with van der Waals surface area (Å²) in [6.07, 6.45) is -2.21. The molecule has 0 spiro atoms. The van der Waals surface area contributed by atoms with Gasteiger partial charge in [-0.2, -0.15) is 4.90 Å². The fraction of sp³-hybridized carbons (Fsp3) is 0.474. The Morgan fingerprint density at radius 1 is 1.19 bits per heavy atom. The van der Waals surface area contributed by atoms with Crippen molar-refractivity contribution in [3.8, 4) is 0 Å². The van der Waals surface area contributed by atoms with E-state index in [1.54, 1.807) is 13.8 Å². The normalized spacial score (nSPS) is 15.2. The van der Waals surface area contributed by atoms with E-state index >= 15 is 0 Å². The third-order valence-electron chi connectivity index (χ3n) is 4.41. The number of rotatable bonds is 5. The molecule has 11 nitrogen and oxygen atoms in total. The highest BCUT2D eigenvalue weighted by Crippen LogP contribution is 2.31. The van der Waals surface area contributed by atoms with Crippen molar-refractivity contribution in [1.29, 1.82) is 0 Å². The molecule has 0 saturated carbocycles. The molecule has 0 atom stereocenters. The maximum atomic E-state index is 14.9. The van der Waals surface area contributed by atoms with Crippen molar-refractivity contribution in [2.24, 2.45) is 5.16 Å². The SMILES string of the molecule is CCOC(=O)N(C(=O)OCC)c1cc2onc(CS(=O)(=O)C3=NOC(C)(C)C3)c2cc1F. The number of carbonyl (C=O) groups is 2. The van der Waals surface area contributed by atoms with Gasteiger partial charge >= 0.3 is 12.2 Å². The number of fused-ring (bicyclic) bond motifs is 1. The molecule has 13 heteroatoms. The second-order valence-electron chi connectivity index (χ2n) is 7.43. The lowest BCUT2D eigenvalue weighted by Gasteiger charge is -2.19. The lowest BCUT2D eigenvalue weighted by Crippen LogP contribution is -2.38. The molecule has 0 unspecified atom stereocenters. The third kappa shape index (κ3) is 4.66. The number of hydrogen-bond acceptors (Lipinski definition) is 10. The summed E-state index contributed by atoms with van der Waals surface area (Å²) in [4.78, 5) is 29.9. The van der Waals surface area contributed by atoms with E-state index in [1.165, 1.54) is 13.8 Å². The van der Waals surface area contributed by atoms with Gasteiger partial charge in [0.25, 0.3) is 0 Å². The molecule has 2 amide bonds. The Labute approximate surface area is 183 Å². The van der Waals surface area contributed by atoms with Gasteiger partial charge in [-0.15, -0.1) is 0 Å². The molecular weight excluding hydrogens is 449 g/mol. The van der Waals surface area contributed by atoms with Gasteiger partial charge in [0.15, 0.2) is 10.6 Å². The number of imide groups is 1. The van der Waals surface area contributed by atoms with Crippen LogP contribution in [0.1, 0.15) is 39.8 Å². The number of anilines is 1. The zero-order chi connectivity index (χ0) is 23.7. The second kappa shape index (κ2) is 8.73. The lowest BCUT2D eigenvalue weighted by atomic mass is 10.1. The number of hydrogen-bond donors (Lipinski definition) is 0. The molecule has 0 bridgehead atoms. The van der Waals surface area contributed by atoms with E-state index < -0.39 is 44.9 Å². The highest BCUT2D eigenvalue weighted by atomic mass is 32.2. The zero-order valence-electron chi connectivity index (χ0n) is 17.9. The van der Waals surface area contributed by atoms with Crippen LogP contribution >= 0.6 is 0 Å². The lowest BCUT2D eigenvalue weighted by molar-refractivity contribution is 0.0123. The molecule has 0 saturated heterocycles. The first-order chi connectivity index (χ1) is 15.0. The minimum atomic E-state index is -3.90. The van der Waals surface area contributed by atoms with Gasteiger partial charge in [-0.25, -0.2) is 22.4 Å². The van der Waals surface area contributed by atoms with Crippen LogP contribution in [0.3, 0.4) is 0 Å². The number of sulfone groups is 1. The van der Waals surface area contributed by atoms with Crippen molar-refractivity contribution in [2.45, 2.75) is 45.5 Å². The molecule has 2 heterocycles. The highest BCUT2D eigenvalue weighted by Gasteiger charge is 2.37. The minimum absolute atomic E-state index is 0.0462. The molecule has 0 fully saturated rings. The first kappa shape index (κ1) is 23.4. The molecule has 174 valence electrons. The third-order valence-corrected chi connectivity index (χ3v) is 6.00. The van der Waals surface area contributed by atoms with E-state index in [0.29, 0.717) is 4.90 Å². The molecule has 0 aliphatic carbocycles. The molecule has 1 aliphatic heterocycles. The topological polar surface area (TPSA) is 138 Å². The number of carbonyl (C=O) groups excluding carboxylic acids is 2. The summed E-state index contributed by atoms with van der Waals surface area (Å²) in [5, 5.41) is 7.27. The number of benzene rings is 1. The molecule has 3 rings (SSSR count). The van der Waals surface area contributed by atoms with Gasteiger partial charge in [0.05, 0.1) is 18.9 Å². The van der Waals surface area contributed by atoms with Gasteiger partial charge in [-0.05, 0) is 33.8 Å². The molecule has 0 radical (unpaired) electrons. The monoisotopic (exact) mass is 471 g/mol. The van der Waals surface area contributed by atoms with E-state index in [-0.39, 0.29) is 41.3 Å². The summed E-state index contributed by atoms with van der Waals surface area (Å²) in [6, 6.07) is 1.97. The average molecular weight is 471 g/mol. The predicted molar refractivity (Wildman–Crippen MR) is 110 cm³/mol. The number of nitrogens with zero attached hydrogens (tertiary/aromatic N) is 3. The summed E-state index contributed by atoms with van der Waals surface area (Å²) in [5.74, 6) is -1.61. The van der Waals surface area contributed by atoms with Crippen LogP contribution in [0.25, 0.3) is 11.0 Å². The quantitative estimate of drug-likeness (QED) is 0.641. The molecular formula is C19H22FN3O8S. The van der Waals surface area contributed by atoms with Crippen molar-refractivity contribution in [3.05, 3.63) is 23.6 Å². The van der Waals surface area contributed by atoms with Gasteiger partial charge < -0.3 is 18.8 Å². The Morgan fingerprint density at radius 3 is 2.34 bits per heavy atom. The summed E-state index contributed by atoms with van der Waals surface area (Å²) >= 11 is 0. The average Bonchev–Trinajstić information content (AvgIpc) is 3.25. The van der Waals surface area contributed by atoms with Crippen molar-refractivity contribution < 1.29 is 41.2 Å². The maximum absolute atomic E-state index is 14.9. The van der Waals surface area contributed by atoms with Gasteiger partial charge in [0.1, 0.15) is 22.9 Å². The van der Waals surface area contributed by atoms with E-state index in [2.05, 4.69) is 10.3 Å². The van der Waals surface area contributed by atoms with E-state index in [9.17, 15) is 22.4 Å². The van der Waals surface area contributed by atoms with E-state index in [4.69, 9.17) is 18.8 Å². The number of ether oxygens (including phenoxy) is 2. The van der Waals surface area contributed by atoms with Crippen LogP contribution in [-0.4, -0.2) is 49.6 Å². The van der Waals surface area contributed by atoms with Crippen molar-refractivity contribution >= 4 is 43.7 Å². The summed E-state index contributed by atoms with van der Waals surface area (Å²) in [6.45, 7) is 6.30. The number of oxime groups is 1. The first-order valence-corrected chi connectivity index (χ1v) is 11.3. The van der Waals surface area contributed by atoms with Gasteiger partial charge in [0.2, 0.25) is 9.84 Å². The summed E-state index contributed by atoms with van der Waals surface area (Å²) in [5.41, 5.74) is -1.35. The Morgan fingerprint density at radius 2 is 1.81 bits per heavy atom. The van der Waals surface area contributed by atoms with Crippen LogP contribution in [-0.2, 0) is 29.9 Å². The van der Waals surface area contributed by atoms with E-state index in [0.717, 1.165) is 12.1 Å². The summed E-state index contributed by atoms with van der Waals surface area (Å²) in [7, 11) is -3.90. The first-order valence-electron chi connectivity index (χ1n) is 9.68. The number of aromatic nitrogens is 1. The Bertz CT molecular complexity index is 1170. The minimum Gasteiger partial charge on any atom is -0.449 e. The van der Waals surface area contributed by atoms with Crippen molar-refractivity contribution in [1.82, 2.24) is 5.16 Å². The van der Waals surface area contributed by atoms with Crippen molar-refractivity contribution in [3.63, 3.8) is 0 Å². The van der Waals surface area contributed by atoms with E-state index in [1.807, 2.05) is 0 Å². The Hall–Kier alpha value is -3.22. The predicted octanol–water partition coefficient (Wildman–Crippen LogP) is 3.51. The fourth-order valence-corrected chi connectivity index (χ4v) is 4.41. The van der Waals surface area contributed by atoms with Gasteiger partial charge in [-0.3, -0.25) is 0 Å². The van der Waals surface area contributed by atoms with Crippen LogP contribution in [0.15, 0.2) is 21.8 Å². The highest BCUT2D eigenvalue weighted by molar-refractivity contribution is 8.05. The zero-order valence-corrected chi connectivity index (χ0v) is 18.7. The Kier molecular flexibility index (Phi) is 6.39. The van der Waals surface area contributed by atoms with Crippen LogP contribution in [0.4, 0.5) is 19.7 Å². The van der Waals surface area contributed by atoms with Crippen LogP contribution in [0, 0.1) is 5.82 Å². The van der Waals surface area contributed by atoms with Crippen molar-refractivity contribution in [2.75, 3.05) is 18.1 Å².